The van der Waals surface area contributed by atoms with E-state index in [1.807, 2.05) is 11.8 Å². The van der Waals surface area contributed by atoms with Crippen LogP contribution in [0.3, 0.4) is 0 Å². The average molecular weight is 400 g/mol. The van der Waals surface area contributed by atoms with Crippen LogP contribution in [-0.4, -0.2) is 91.0 Å². The van der Waals surface area contributed by atoms with Crippen LogP contribution in [0.25, 0.3) is 11.0 Å². The minimum atomic E-state index is -0.243. The fraction of sp³-hybridized carbons (Fsp3) is 0.650. The molecule has 0 spiro atoms. The Hall–Kier alpha value is -2.39. The summed E-state index contributed by atoms with van der Waals surface area (Å²) in [4.78, 5) is 32.1. The Bertz CT molecular complexity index is 880. The Labute approximate surface area is 170 Å². The number of nitrogens with one attached hydrogen (secondary N) is 1. The maximum atomic E-state index is 12.7. The van der Waals surface area contributed by atoms with Crippen molar-refractivity contribution in [3.8, 4) is 0 Å². The molecule has 1 amide bonds. The lowest BCUT2D eigenvalue weighted by Crippen LogP contribution is -2.51. The number of anilines is 2. The van der Waals surface area contributed by atoms with E-state index in [2.05, 4.69) is 20.9 Å². The molecule has 0 radical (unpaired) electrons. The summed E-state index contributed by atoms with van der Waals surface area (Å²) in [7, 11) is 0. The van der Waals surface area contributed by atoms with Gasteiger partial charge in [0.15, 0.2) is 0 Å². The van der Waals surface area contributed by atoms with Gasteiger partial charge in [0.05, 0.1) is 18.6 Å². The van der Waals surface area contributed by atoms with Gasteiger partial charge in [-0.3, -0.25) is 4.79 Å². The number of rotatable bonds is 3. The summed E-state index contributed by atoms with van der Waals surface area (Å²) in [5, 5.41) is 1.04. The van der Waals surface area contributed by atoms with Gasteiger partial charge in [-0.05, 0) is 25.8 Å². The first-order chi connectivity index (χ1) is 14.2. The molecule has 3 fully saturated rings. The third-order valence-electron chi connectivity index (χ3n) is 5.98. The summed E-state index contributed by atoms with van der Waals surface area (Å²) in [6, 6.07) is 2.11. The molecule has 29 heavy (non-hydrogen) atoms. The molecule has 2 aromatic heterocycles. The zero-order valence-corrected chi connectivity index (χ0v) is 16.9. The van der Waals surface area contributed by atoms with E-state index in [0.29, 0.717) is 32.9 Å². The molecule has 9 heteroatoms. The summed E-state index contributed by atoms with van der Waals surface area (Å²) < 4.78 is 11.1. The SMILES string of the molecule is Cc1cc2c(N3CCN(C(=O)C4CCCO4)CC3)nc(N3CCOCC3)nc2[nH]1. The van der Waals surface area contributed by atoms with E-state index >= 15 is 0 Å². The van der Waals surface area contributed by atoms with Crippen LogP contribution in [0.4, 0.5) is 11.8 Å². The van der Waals surface area contributed by atoms with Crippen LogP contribution in [0.2, 0.25) is 0 Å². The first-order valence-corrected chi connectivity index (χ1v) is 10.5. The Balaban J connectivity index is 1.37. The molecule has 3 saturated heterocycles. The van der Waals surface area contributed by atoms with Crippen LogP contribution in [-0.2, 0) is 14.3 Å². The number of morpholine rings is 1. The van der Waals surface area contributed by atoms with E-state index in [0.717, 1.165) is 67.5 Å². The van der Waals surface area contributed by atoms with Crippen LogP contribution >= 0.6 is 0 Å². The predicted molar refractivity (Wildman–Crippen MR) is 109 cm³/mol. The fourth-order valence-corrected chi connectivity index (χ4v) is 4.37. The zero-order chi connectivity index (χ0) is 19.8. The van der Waals surface area contributed by atoms with Crippen molar-refractivity contribution in [3.63, 3.8) is 0 Å². The van der Waals surface area contributed by atoms with Gasteiger partial charge < -0.3 is 29.2 Å². The number of hydrogen-bond acceptors (Lipinski definition) is 7. The molecule has 0 saturated carbocycles. The highest BCUT2D eigenvalue weighted by atomic mass is 16.5. The number of aromatic amines is 1. The van der Waals surface area contributed by atoms with Gasteiger partial charge >= 0.3 is 0 Å². The Morgan fingerprint density at radius 3 is 2.59 bits per heavy atom. The molecule has 5 heterocycles. The van der Waals surface area contributed by atoms with E-state index in [1.165, 1.54) is 0 Å². The summed E-state index contributed by atoms with van der Waals surface area (Å²) in [5.41, 5.74) is 1.94. The summed E-state index contributed by atoms with van der Waals surface area (Å²) in [5.74, 6) is 1.84. The number of carbonyl (C=O) groups is 1. The largest absolute Gasteiger partial charge is 0.378 e. The quantitative estimate of drug-likeness (QED) is 0.820. The van der Waals surface area contributed by atoms with Crippen LogP contribution in [0.15, 0.2) is 6.07 Å². The van der Waals surface area contributed by atoms with Crippen molar-refractivity contribution in [1.29, 1.82) is 0 Å². The Kier molecular flexibility index (Phi) is 5.01. The summed E-state index contributed by atoms with van der Waals surface area (Å²) >= 11 is 0. The minimum absolute atomic E-state index is 0.140. The second-order valence-corrected chi connectivity index (χ2v) is 7.98. The maximum absolute atomic E-state index is 12.7. The van der Waals surface area contributed by atoms with E-state index in [4.69, 9.17) is 19.4 Å². The molecule has 0 aliphatic carbocycles. The van der Waals surface area contributed by atoms with Crippen molar-refractivity contribution in [3.05, 3.63) is 11.8 Å². The predicted octanol–water partition coefficient (Wildman–Crippen LogP) is 0.931. The first-order valence-electron chi connectivity index (χ1n) is 10.5. The van der Waals surface area contributed by atoms with Crippen molar-refractivity contribution < 1.29 is 14.3 Å². The number of ether oxygens (including phenoxy) is 2. The third kappa shape index (κ3) is 3.64. The van der Waals surface area contributed by atoms with Gasteiger partial charge in [0.2, 0.25) is 5.95 Å². The lowest BCUT2D eigenvalue weighted by Gasteiger charge is -2.37. The molecule has 0 aromatic carbocycles. The van der Waals surface area contributed by atoms with Gasteiger partial charge in [0, 0.05) is 51.6 Å². The number of aryl methyl sites for hydroxylation is 1. The van der Waals surface area contributed by atoms with Gasteiger partial charge in [-0.25, -0.2) is 0 Å². The number of fused-ring (bicyclic) bond motifs is 1. The number of H-pyrrole nitrogens is 1. The van der Waals surface area contributed by atoms with E-state index in [9.17, 15) is 4.79 Å². The number of amides is 1. The molecular weight excluding hydrogens is 372 g/mol. The van der Waals surface area contributed by atoms with Crippen LogP contribution < -0.4 is 9.80 Å². The molecule has 1 unspecified atom stereocenters. The highest BCUT2D eigenvalue weighted by molar-refractivity contribution is 5.90. The maximum Gasteiger partial charge on any atom is 0.251 e. The molecular formula is C20H28N6O3. The van der Waals surface area contributed by atoms with E-state index in [-0.39, 0.29) is 12.0 Å². The Morgan fingerprint density at radius 2 is 1.86 bits per heavy atom. The van der Waals surface area contributed by atoms with Crippen molar-refractivity contribution in [1.82, 2.24) is 19.9 Å². The molecule has 3 aliphatic rings. The molecule has 2 aromatic rings. The average Bonchev–Trinajstić information content (AvgIpc) is 3.42. The number of aromatic nitrogens is 3. The van der Waals surface area contributed by atoms with Gasteiger partial charge in [-0.15, -0.1) is 0 Å². The first kappa shape index (κ1) is 18.6. The standard InChI is InChI=1S/C20H28N6O3/c1-14-13-15-17(21-14)22-20(26-8-11-28-12-9-26)23-18(15)24-4-6-25(7-5-24)19(27)16-3-2-10-29-16/h13,16H,2-12H2,1H3,(H,21,22,23). The van der Waals surface area contributed by atoms with Crippen LogP contribution in [0.1, 0.15) is 18.5 Å². The van der Waals surface area contributed by atoms with Gasteiger partial charge in [0.1, 0.15) is 17.6 Å². The molecule has 9 nitrogen and oxygen atoms in total. The number of carbonyl (C=O) groups excluding carboxylic acids is 1. The number of nitrogens with zero attached hydrogens (tertiary/aromatic N) is 5. The Morgan fingerprint density at radius 1 is 1.07 bits per heavy atom. The van der Waals surface area contributed by atoms with Crippen molar-refractivity contribution in [2.45, 2.75) is 25.9 Å². The molecule has 1 N–H and O–H groups in total. The van der Waals surface area contributed by atoms with Crippen molar-refractivity contribution in [2.24, 2.45) is 0 Å². The highest BCUT2D eigenvalue weighted by Crippen LogP contribution is 2.29. The van der Waals surface area contributed by atoms with Gasteiger partial charge in [0.25, 0.3) is 5.91 Å². The van der Waals surface area contributed by atoms with Crippen molar-refractivity contribution >= 4 is 28.7 Å². The number of hydrogen-bond donors (Lipinski definition) is 1. The summed E-state index contributed by atoms with van der Waals surface area (Å²) in [6.45, 7) is 8.65. The monoisotopic (exact) mass is 400 g/mol. The molecule has 156 valence electrons. The van der Waals surface area contributed by atoms with Crippen LogP contribution in [0, 0.1) is 6.92 Å². The second-order valence-electron chi connectivity index (χ2n) is 7.98. The topological polar surface area (TPSA) is 86.8 Å². The van der Waals surface area contributed by atoms with E-state index < -0.39 is 0 Å². The highest BCUT2D eigenvalue weighted by Gasteiger charge is 2.31. The minimum Gasteiger partial charge on any atom is -0.378 e. The lowest BCUT2D eigenvalue weighted by molar-refractivity contribution is -0.141. The van der Waals surface area contributed by atoms with Crippen molar-refractivity contribution in [2.75, 3.05) is 68.9 Å². The second kappa shape index (κ2) is 7.79. The zero-order valence-electron chi connectivity index (χ0n) is 16.9. The molecule has 0 bridgehead atoms. The molecule has 5 rings (SSSR count). The normalized spacial score (nSPS) is 23.2. The third-order valence-corrected chi connectivity index (χ3v) is 5.98. The number of piperazine rings is 1. The van der Waals surface area contributed by atoms with E-state index in [1.54, 1.807) is 0 Å². The molecule has 3 aliphatic heterocycles. The van der Waals surface area contributed by atoms with Gasteiger partial charge in [-0.1, -0.05) is 0 Å². The molecule has 1 atom stereocenters. The smallest absolute Gasteiger partial charge is 0.251 e. The van der Waals surface area contributed by atoms with Gasteiger partial charge in [-0.2, -0.15) is 9.97 Å². The fourth-order valence-electron chi connectivity index (χ4n) is 4.37. The summed E-state index contributed by atoms with van der Waals surface area (Å²) in [6.07, 6.45) is 1.58. The van der Waals surface area contributed by atoms with Crippen LogP contribution in [0.5, 0.6) is 0 Å². The lowest BCUT2D eigenvalue weighted by atomic mass is 10.2.